The topological polar surface area (TPSA) is 49.4 Å². The lowest BCUT2D eigenvalue weighted by atomic mass is 10.1. The van der Waals surface area contributed by atoms with E-state index in [1.165, 1.54) is 0 Å². The Balaban J connectivity index is 1.76. The molecule has 0 bridgehead atoms. The third-order valence-corrected chi connectivity index (χ3v) is 5.86. The molecule has 4 nitrogen and oxygen atoms in total. The summed E-state index contributed by atoms with van der Waals surface area (Å²) in [5.41, 5.74) is 4.63. The fourth-order valence-electron chi connectivity index (χ4n) is 3.24. The average Bonchev–Trinajstić information content (AvgIpc) is 2.94. The molecule has 26 heavy (non-hydrogen) atoms. The predicted octanol–water partition coefficient (Wildman–Crippen LogP) is 5.02. The van der Waals surface area contributed by atoms with Crippen molar-refractivity contribution in [3.05, 3.63) is 56.5 Å². The van der Waals surface area contributed by atoms with E-state index in [1.54, 1.807) is 11.0 Å². The minimum Gasteiger partial charge on any atom is -0.325 e. The smallest absolute Gasteiger partial charge is 0.229 e. The molecule has 3 rings (SSSR count). The Bertz CT molecular complexity index is 898. The van der Waals surface area contributed by atoms with Crippen molar-refractivity contribution < 1.29 is 9.59 Å². The molecule has 1 saturated heterocycles. The van der Waals surface area contributed by atoms with Crippen LogP contribution >= 0.6 is 27.5 Å². The Morgan fingerprint density at radius 1 is 1.19 bits per heavy atom. The summed E-state index contributed by atoms with van der Waals surface area (Å²) < 4.78 is 0.784. The largest absolute Gasteiger partial charge is 0.325 e. The van der Waals surface area contributed by atoms with E-state index in [4.69, 9.17) is 11.6 Å². The van der Waals surface area contributed by atoms with Gasteiger partial charge in [0, 0.05) is 28.8 Å². The van der Waals surface area contributed by atoms with Gasteiger partial charge in [0.2, 0.25) is 11.8 Å². The molecule has 0 saturated carbocycles. The van der Waals surface area contributed by atoms with E-state index in [-0.39, 0.29) is 24.2 Å². The third kappa shape index (κ3) is 3.79. The maximum atomic E-state index is 12.7. The Morgan fingerprint density at radius 3 is 2.62 bits per heavy atom. The van der Waals surface area contributed by atoms with E-state index < -0.39 is 0 Å². The van der Waals surface area contributed by atoms with Crippen LogP contribution in [0.4, 0.5) is 11.4 Å². The first-order chi connectivity index (χ1) is 12.3. The molecule has 1 N–H and O–H groups in total. The van der Waals surface area contributed by atoms with Crippen molar-refractivity contribution in [3.63, 3.8) is 0 Å². The molecule has 1 atom stereocenters. The molecule has 1 heterocycles. The van der Waals surface area contributed by atoms with E-state index in [2.05, 4.69) is 21.2 Å². The first-order valence-electron chi connectivity index (χ1n) is 8.40. The number of nitrogens with one attached hydrogen (secondary N) is 1. The minimum absolute atomic E-state index is 0.0253. The Morgan fingerprint density at radius 2 is 1.92 bits per heavy atom. The van der Waals surface area contributed by atoms with Gasteiger partial charge < -0.3 is 10.2 Å². The van der Waals surface area contributed by atoms with Crippen LogP contribution in [0.1, 0.15) is 23.1 Å². The molecular formula is C20H20BrClN2O2. The highest BCUT2D eigenvalue weighted by Gasteiger charge is 2.35. The highest BCUT2D eigenvalue weighted by Crippen LogP contribution is 2.31. The van der Waals surface area contributed by atoms with Crippen LogP contribution in [0.5, 0.6) is 0 Å². The number of nitrogens with zero attached hydrogens (tertiary/aromatic N) is 1. The zero-order valence-corrected chi connectivity index (χ0v) is 17.2. The lowest BCUT2D eigenvalue weighted by molar-refractivity contribution is -0.122. The first kappa shape index (κ1) is 18.9. The average molecular weight is 436 g/mol. The van der Waals surface area contributed by atoms with Crippen molar-refractivity contribution in [1.82, 2.24) is 0 Å². The zero-order chi connectivity index (χ0) is 19.0. The Hall–Kier alpha value is -1.85. The molecular weight excluding hydrogens is 416 g/mol. The second-order valence-electron chi connectivity index (χ2n) is 6.77. The van der Waals surface area contributed by atoms with Gasteiger partial charge in [-0.2, -0.15) is 0 Å². The van der Waals surface area contributed by atoms with Gasteiger partial charge in [-0.05, 0) is 66.0 Å². The number of hydrogen-bond acceptors (Lipinski definition) is 2. The summed E-state index contributed by atoms with van der Waals surface area (Å²) in [6.07, 6.45) is 0.211. The molecule has 6 heteroatoms. The molecule has 0 spiro atoms. The fraction of sp³-hybridized carbons (Fsp3) is 0.300. The van der Waals surface area contributed by atoms with Crippen molar-refractivity contribution >= 4 is 50.7 Å². The Labute approximate surface area is 166 Å². The van der Waals surface area contributed by atoms with E-state index >= 15 is 0 Å². The number of carbonyl (C=O) groups is 2. The molecule has 0 radical (unpaired) electrons. The fourth-order valence-corrected chi connectivity index (χ4v) is 3.86. The summed E-state index contributed by atoms with van der Waals surface area (Å²) in [7, 11) is 0. The number of hydrogen-bond donors (Lipinski definition) is 1. The van der Waals surface area contributed by atoms with Crippen molar-refractivity contribution in [1.29, 1.82) is 0 Å². The van der Waals surface area contributed by atoms with Crippen LogP contribution in [0.25, 0.3) is 0 Å². The van der Waals surface area contributed by atoms with Crippen LogP contribution in [0, 0.1) is 26.7 Å². The van der Waals surface area contributed by atoms with E-state index in [1.807, 2.05) is 45.0 Å². The molecule has 0 unspecified atom stereocenters. The van der Waals surface area contributed by atoms with Gasteiger partial charge in [0.25, 0.3) is 0 Å². The second kappa shape index (κ2) is 7.41. The van der Waals surface area contributed by atoms with Gasteiger partial charge in [-0.3, -0.25) is 9.59 Å². The highest BCUT2D eigenvalue weighted by molar-refractivity contribution is 9.10. The van der Waals surface area contributed by atoms with Crippen LogP contribution < -0.4 is 10.2 Å². The monoisotopic (exact) mass is 434 g/mol. The summed E-state index contributed by atoms with van der Waals surface area (Å²) in [6, 6.07) is 9.55. The lowest BCUT2D eigenvalue weighted by Crippen LogP contribution is -2.28. The number of halogens is 2. The SMILES string of the molecule is Cc1ccc(N2C[C@H](C(=O)Nc3cc(Cl)c(Br)cc3C)CC2=O)c(C)c1. The zero-order valence-electron chi connectivity index (χ0n) is 14.9. The highest BCUT2D eigenvalue weighted by atomic mass is 79.9. The summed E-state index contributed by atoms with van der Waals surface area (Å²) in [5, 5.41) is 3.45. The van der Waals surface area contributed by atoms with E-state index in [9.17, 15) is 9.59 Å². The maximum absolute atomic E-state index is 12.7. The molecule has 1 fully saturated rings. The van der Waals surface area contributed by atoms with Crippen LogP contribution in [-0.4, -0.2) is 18.4 Å². The van der Waals surface area contributed by atoms with Gasteiger partial charge in [-0.1, -0.05) is 29.3 Å². The number of benzene rings is 2. The number of anilines is 2. The number of carbonyl (C=O) groups excluding carboxylic acids is 2. The number of amides is 2. The maximum Gasteiger partial charge on any atom is 0.229 e. The van der Waals surface area contributed by atoms with Gasteiger partial charge >= 0.3 is 0 Å². The molecule has 2 aromatic rings. The van der Waals surface area contributed by atoms with Crippen LogP contribution in [-0.2, 0) is 9.59 Å². The van der Waals surface area contributed by atoms with Crippen molar-refractivity contribution in [3.8, 4) is 0 Å². The van der Waals surface area contributed by atoms with Gasteiger partial charge in [0.05, 0.1) is 10.9 Å². The summed E-state index contributed by atoms with van der Waals surface area (Å²) in [4.78, 5) is 26.9. The Kier molecular flexibility index (Phi) is 5.39. The second-order valence-corrected chi connectivity index (χ2v) is 8.03. The molecule has 0 aromatic heterocycles. The van der Waals surface area contributed by atoms with Crippen LogP contribution in [0.3, 0.4) is 0 Å². The van der Waals surface area contributed by atoms with Gasteiger partial charge in [-0.15, -0.1) is 0 Å². The van der Waals surface area contributed by atoms with Crippen molar-refractivity contribution in [2.24, 2.45) is 5.92 Å². The van der Waals surface area contributed by atoms with Crippen LogP contribution in [0.2, 0.25) is 5.02 Å². The summed E-state index contributed by atoms with van der Waals surface area (Å²) in [6.45, 7) is 6.29. The first-order valence-corrected chi connectivity index (χ1v) is 9.57. The number of aryl methyl sites for hydroxylation is 3. The molecule has 1 aliphatic heterocycles. The minimum atomic E-state index is -0.384. The normalized spacial score (nSPS) is 16.9. The van der Waals surface area contributed by atoms with Crippen molar-refractivity contribution in [2.45, 2.75) is 27.2 Å². The van der Waals surface area contributed by atoms with Gasteiger partial charge in [0.1, 0.15) is 0 Å². The lowest BCUT2D eigenvalue weighted by Gasteiger charge is -2.19. The number of rotatable bonds is 3. The van der Waals surface area contributed by atoms with Gasteiger partial charge in [0.15, 0.2) is 0 Å². The molecule has 2 aromatic carbocycles. The van der Waals surface area contributed by atoms with E-state index in [0.29, 0.717) is 17.3 Å². The standard InChI is InChI=1S/C20H20BrClN2O2/c1-11-4-5-18(13(3)6-11)24-10-14(8-19(24)25)20(26)23-17-9-16(22)15(21)7-12(17)2/h4-7,9,14H,8,10H2,1-3H3,(H,23,26)/t14-/m1/s1. The van der Waals surface area contributed by atoms with Crippen molar-refractivity contribution in [2.75, 3.05) is 16.8 Å². The molecule has 1 aliphatic rings. The van der Waals surface area contributed by atoms with Crippen LogP contribution in [0.15, 0.2) is 34.8 Å². The van der Waals surface area contributed by atoms with Gasteiger partial charge in [-0.25, -0.2) is 0 Å². The third-order valence-electron chi connectivity index (χ3n) is 4.66. The molecule has 2 amide bonds. The quantitative estimate of drug-likeness (QED) is 0.736. The van der Waals surface area contributed by atoms with E-state index in [0.717, 1.165) is 26.9 Å². The molecule has 136 valence electrons. The summed E-state index contributed by atoms with van der Waals surface area (Å²) in [5.74, 6) is -0.570. The summed E-state index contributed by atoms with van der Waals surface area (Å²) >= 11 is 9.50. The predicted molar refractivity (Wildman–Crippen MR) is 109 cm³/mol. The molecule has 0 aliphatic carbocycles.